The van der Waals surface area contributed by atoms with Crippen LogP contribution in [0.2, 0.25) is 0 Å². The van der Waals surface area contributed by atoms with Crippen LogP contribution in [0, 0.1) is 12.3 Å². The fourth-order valence-electron chi connectivity index (χ4n) is 5.14. The Morgan fingerprint density at radius 1 is 1.24 bits per heavy atom. The van der Waals surface area contributed by atoms with E-state index in [9.17, 15) is 14.4 Å². The third-order valence-corrected chi connectivity index (χ3v) is 8.23. The molecule has 186 valence electrons. The first-order chi connectivity index (χ1) is 16.1. The zero-order valence-electron chi connectivity index (χ0n) is 20.2. The SMILES string of the molecule is CN[C@@H](N)C(=O)N[C@H]1CCS[C@H]2CC(C)(C)[C@@H](C(=O)N[C@@H]3CCOc4cc(C)ccc43)N2C1=O. The number of fused-ring (bicyclic) bond motifs is 2. The lowest BCUT2D eigenvalue weighted by atomic mass is 9.83. The van der Waals surface area contributed by atoms with Crippen molar-refractivity contribution in [3.8, 4) is 5.75 Å². The lowest BCUT2D eigenvalue weighted by Gasteiger charge is -2.36. The fourth-order valence-corrected chi connectivity index (χ4v) is 6.72. The molecule has 5 N–H and O–H groups in total. The van der Waals surface area contributed by atoms with Crippen molar-refractivity contribution in [3.05, 3.63) is 29.3 Å². The quantitative estimate of drug-likeness (QED) is 0.455. The molecule has 0 unspecified atom stereocenters. The Morgan fingerprint density at radius 2 is 2.00 bits per heavy atom. The van der Waals surface area contributed by atoms with Gasteiger partial charge in [-0.15, -0.1) is 11.8 Å². The zero-order chi connectivity index (χ0) is 24.6. The lowest BCUT2D eigenvalue weighted by Crippen LogP contribution is -2.59. The summed E-state index contributed by atoms with van der Waals surface area (Å²) in [5, 5.41) is 8.57. The standard InChI is InChI=1S/C24H35N5O4S/c1-13-5-6-14-15(7-9-33-17(14)11-13)27-21(30)19-24(2,3)12-18-29(19)23(32)16(8-10-34-18)28-22(31)20(25)26-4/h5-6,11,15-16,18-20,26H,7-10,12,25H2,1-4H3,(H,27,30)(H,28,31)/t15-,16+,18+,19-,20-/m1/s1. The summed E-state index contributed by atoms with van der Waals surface area (Å²) >= 11 is 1.67. The number of nitrogens with zero attached hydrogens (tertiary/aromatic N) is 1. The minimum absolute atomic E-state index is 0.109. The number of nitrogens with two attached hydrogens (primary N) is 1. The second-order valence-corrected chi connectivity index (χ2v) is 11.3. The van der Waals surface area contributed by atoms with E-state index in [4.69, 9.17) is 10.5 Å². The number of likely N-dealkylation sites (N-methyl/N-ethyl adjacent to an activating group) is 1. The van der Waals surface area contributed by atoms with Crippen LogP contribution in [-0.2, 0) is 14.4 Å². The number of rotatable bonds is 5. The minimum Gasteiger partial charge on any atom is -0.493 e. The molecule has 3 aliphatic heterocycles. The van der Waals surface area contributed by atoms with Gasteiger partial charge in [-0.25, -0.2) is 0 Å². The van der Waals surface area contributed by atoms with E-state index in [2.05, 4.69) is 16.0 Å². The molecular formula is C24H35N5O4S. The predicted octanol–water partition coefficient (Wildman–Crippen LogP) is 1.01. The summed E-state index contributed by atoms with van der Waals surface area (Å²) in [6.45, 7) is 6.60. The monoisotopic (exact) mass is 489 g/mol. The van der Waals surface area contributed by atoms with E-state index < -0.39 is 29.6 Å². The molecule has 4 rings (SSSR count). The Kier molecular flexibility index (Phi) is 7.12. The summed E-state index contributed by atoms with van der Waals surface area (Å²) in [5.74, 6) is 0.686. The molecule has 0 spiro atoms. The number of benzene rings is 1. The number of carbonyl (C=O) groups is 3. The van der Waals surface area contributed by atoms with Gasteiger partial charge in [0.25, 0.3) is 5.91 Å². The van der Waals surface area contributed by atoms with Crippen LogP contribution >= 0.6 is 11.8 Å². The van der Waals surface area contributed by atoms with Crippen LogP contribution in [0.1, 0.15) is 50.3 Å². The molecule has 0 aromatic heterocycles. The molecule has 1 aromatic carbocycles. The van der Waals surface area contributed by atoms with Crippen molar-refractivity contribution in [1.29, 1.82) is 0 Å². The molecule has 9 nitrogen and oxygen atoms in total. The van der Waals surface area contributed by atoms with Crippen molar-refractivity contribution in [2.24, 2.45) is 11.1 Å². The molecule has 3 aliphatic rings. The van der Waals surface area contributed by atoms with E-state index in [1.54, 1.807) is 23.7 Å². The second-order valence-electron chi connectivity index (χ2n) is 10.0. The lowest BCUT2D eigenvalue weighted by molar-refractivity contribution is -0.144. The Bertz CT molecular complexity index is 971. The van der Waals surface area contributed by atoms with Crippen molar-refractivity contribution in [3.63, 3.8) is 0 Å². The van der Waals surface area contributed by atoms with Gasteiger partial charge in [-0.2, -0.15) is 0 Å². The van der Waals surface area contributed by atoms with E-state index in [1.165, 1.54) is 0 Å². The molecule has 3 amide bonds. The van der Waals surface area contributed by atoms with Crippen LogP contribution in [0.25, 0.3) is 0 Å². The first-order valence-electron chi connectivity index (χ1n) is 11.8. The maximum atomic E-state index is 13.7. The molecule has 34 heavy (non-hydrogen) atoms. The van der Waals surface area contributed by atoms with Crippen molar-refractivity contribution in [2.75, 3.05) is 19.4 Å². The molecule has 0 bridgehead atoms. The van der Waals surface area contributed by atoms with Gasteiger partial charge >= 0.3 is 0 Å². The highest BCUT2D eigenvalue weighted by atomic mass is 32.2. The molecule has 0 radical (unpaired) electrons. The average Bonchev–Trinajstić information content (AvgIpc) is 2.98. The minimum atomic E-state index is -0.897. The normalized spacial score (nSPS) is 28.7. The third kappa shape index (κ3) is 4.76. The van der Waals surface area contributed by atoms with Gasteiger partial charge in [0.15, 0.2) is 0 Å². The van der Waals surface area contributed by atoms with Gasteiger partial charge < -0.3 is 26.0 Å². The fraction of sp³-hybridized carbons (Fsp3) is 0.625. The van der Waals surface area contributed by atoms with Gasteiger partial charge in [0.2, 0.25) is 11.8 Å². The first kappa shape index (κ1) is 24.8. The number of ether oxygens (including phenoxy) is 1. The predicted molar refractivity (Wildman–Crippen MR) is 131 cm³/mol. The molecule has 10 heteroatoms. The summed E-state index contributed by atoms with van der Waals surface area (Å²) in [6, 6.07) is 4.48. The van der Waals surface area contributed by atoms with E-state index >= 15 is 0 Å². The van der Waals surface area contributed by atoms with Crippen molar-refractivity contribution >= 4 is 29.5 Å². The molecule has 1 aromatic rings. The number of nitrogens with one attached hydrogen (secondary N) is 3. The van der Waals surface area contributed by atoms with Crippen molar-refractivity contribution < 1.29 is 19.1 Å². The van der Waals surface area contributed by atoms with E-state index in [-0.39, 0.29) is 23.2 Å². The summed E-state index contributed by atoms with van der Waals surface area (Å²) in [5.41, 5.74) is 7.42. The molecule has 3 heterocycles. The maximum Gasteiger partial charge on any atom is 0.252 e. The third-order valence-electron chi connectivity index (χ3n) is 6.98. The number of carbonyl (C=O) groups excluding carboxylic acids is 3. The Labute approximate surface area is 204 Å². The van der Waals surface area contributed by atoms with Gasteiger partial charge in [-0.3, -0.25) is 19.7 Å². The molecular weight excluding hydrogens is 454 g/mol. The van der Waals surface area contributed by atoms with Crippen LogP contribution < -0.4 is 26.4 Å². The van der Waals surface area contributed by atoms with Crippen LogP contribution in [0.3, 0.4) is 0 Å². The summed E-state index contributed by atoms with van der Waals surface area (Å²) in [6.07, 6.45) is 0.981. The molecule has 0 saturated carbocycles. The van der Waals surface area contributed by atoms with Crippen LogP contribution in [0.4, 0.5) is 0 Å². The Balaban J connectivity index is 1.56. The van der Waals surface area contributed by atoms with Gasteiger partial charge in [0.1, 0.15) is 24.0 Å². The van der Waals surface area contributed by atoms with E-state index in [0.29, 0.717) is 31.6 Å². The van der Waals surface area contributed by atoms with Gasteiger partial charge in [-0.1, -0.05) is 26.0 Å². The highest BCUT2D eigenvalue weighted by molar-refractivity contribution is 7.99. The summed E-state index contributed by atoms with van der Waals surface area (Å²) in [7, 11) is 1.59. The van der Waals surface area contributed by atoms with Crippen LogP contribution in [0.5, 0.6) is 5.75 Å². The van der Waals surface area contributed by atoms with Crippen LogP contribution in [-0.4, -0.2) is 65.7 Å². The summed E-state index contributed by atoms with van der Waals surface area (Å²) in [4.78, 5) is 41.4. The highest BCUT2D eigenvalue weighted by Gasteiger charge is 2.54. The largest absolute Gasteiger partial charge is 0.493 e. The first-order valence-corrected chi connectivity index (χ1v) is 12.9. The molecule has 2 saturated heterocycles. The second kappa shape index (κ2) is 9.75. The van der Waals surface area contributed by atoms with Gasteiger partial charge in [0, 0.05) is 12.0 Å². The van der Waals surface area contributed by atoms with E-state index in [0.717, 1.165) is 16.9 Å². The maximum absolute atomic E-state index is 13.7. The topological polar surface area (TPSA) is 126 Å². The van der Waals surface area contributed by atoms with Crippen molar-refractivity contribution in [2.45, 2.75) is 69.7 Å². The van der Waals surface area contributed by atoms with E-state index in [1.807, 2.05) is 39.0 Å². The van der Waals surface area contributed by atoms with Crippen LogP contribution in [0.15, 0.2) is 18.2 Å². The van der Waals surface area contributed by atoms with Gasteiger partial charge in [0.05, 0.1) is 18.0 Å². The number of hydrogen-bond donors (Lipinski definition) is 4. The number of amides is 3. The molecule has 5 atom stereocenters. The summed E-state index contributed by atoms with van der Waals surface area (Å²) < 4.78 is 5.81. The highest BCUT2D eigenvalue weighted by Crippen LogP contribution is 2.46. The van der Waals surface area contributed by atoms with Gasteiger partial charge in [-0.05, 0) is 49.6 Å². The van der Waals surface area contributed by atoms with Crippen molar-refractivity contribution in [1.82, 2.24) is 20.9 Å². The number of thioether (sulfide) groups is 1. The average molecular weight is 490 g/mol. The molecule has 2 fully saturated rings. The number of hydrogen-bond acceptors (Lipinski definition) is 7. The Hall–Kier alpha value is -2.30. The Morgan fingerprint density at radius 3 is 2.74 bits per heavy atom. The zero-order valence-corrected chi connectivity index (χ0v) is 21.0. The molecule has 0 aliphatic carbocycles. The number of aryl methyl sites for hydroxylation is 1. The smallest absolute Gasteiger partial charge is 0.252 e.